The molecule has 2 heterocycles. The van der Waals surface area contributed by atoms with E-state index in [9.17, 15) is 9.59 Å². The number of pyridine rings is 1. The molecule has 0 radical (unpaired) electrons. The summed E-state index contributed by atoms with van der Waals surface area (Å²) in [5.41, 5.74) is 0. The quantitative estimate of drug-likeness (QED) is 0.728. The van der Waals surface area contributed by atoms with E-state index >= 15 is 0 Å². The van der Waals surface area contributed by atoms with Crippen molar-refractivity contribution < 1.29 is 9.59 Å². The number of aromatic nitrogens is 1. The van der Waals surface area contributed by atoms with Crippen LogP contribution in [0.4, 0.5) is 10.6 Å². The Balaban J connectivity index is 1.61. The third-order valence-electron chi connectivity index (χ3n) is 3.00. The Hall–Kier alpha value is -1.18. The highest BCUT2D eigenvalue weighted by atomic mass is 35.5. The van der Waals surface area contributed by atoms with Gasteiger partial charge in [-0.1, -0.05) is 35.0 Å². The molecule has 1 aromatic heterocycles. The number of halogens is 2. The Morgan fingerprint density at radius 3 is 2.91 bits per heavy atom. The molecule has 1 saturated heterocycles. The summed E-state index contributed by atoms with van der Waals surface area (Å²) in [5.74, 6) is 1.25. The van der Waals surface area contributed by atoms with E-state index in [-0.39, 0.29) is 11.1 Å². The van der Waals surface area contributed by atoms with E-state index in [1.807, 2.05) is 0 Å². The van der Waals surface area contributed by atoms with Crippen LogP contribution in [0.3, 0.4) is 0 Å². The lowest BCUT2D eigenvalue weighted by Gasteiger charge is -2.14. The number of hydrogen-bond acceptors (Lipinski definition) is 5. The van der Waals surface area contributed by atoms with Crippen LogP contribution in [0.2, 0.25) is 10.0 Å². The van der Waals surface area contributed by atoms with Crippen LogP contribution in [0.5, 0.6) is 0 Å². The second kappa shape index (κ2) is 8.45. The zero-order valence-corrected chi connectivity index (χ0v) is 14.1. The molecule has 1 aromatic rings. The smallest absolute Gasteiger partial charge is 0.281 e. The minimum absolute atomic E-state index is 0.0536. The summed E-state index contributed by atoms with van der Waals surface area (Å²) in [4.78, 5) is 28.8. The molecule has 22 heavy (non-hydrogen) atoms. The molecule has 9 heteroatoms. The molecule has 0 spiro atoms. The highest BCUT2D eigenvalue weighted by Gasteiger charge is 2.21. The van der Waals surface area contributed by atoms with Crippen molar-refractivity contribution in [1.29, 1.82) is 0 Å². The van der Waals surface area contributed by atoms with Crippen LogP contribution >= 0.6 is 35.0 Å². The van der Waals surface area contributed by atoms with Gasteiger partial charge in [0.05, 0.1) is 10.0 Å². The standard InChI is InChI=1S/C13H16Cl2N4O2S/c14-9-7-10(15)12(18-8-9)17-3-2-16-11(20)1-4-19-5-6-22-13(19)21/h7-8H,1-6H2,(H,16,20)(H,17,18). The molecule has 2 rings (SSSR count). The second-order valence-electron chi connectivity index (χ2n) is 4.61. The van der Waals surface area contributed by atoms with Gasteiger partial charge in [-0.25, -0.2) is 4.98 Å². The van der Waals surface area contributed by atoms with E-state index in [0.29, 0.717) is 41.9 Å². The fourth-order valence-electron chi connectivity index (χ4n) is 1.88. The molecule has 2 N–H and O–H groups in total. The number of carbonyl (C=O) groups excluding carboxylic acids is 2. The minimum Gasteiger partial charge on any atom is -0.367 e. The van der Waals surface area contributed by atoms with Crippen molar-refractivity contribution in [2.75, 3.05) is 37.2 Å². The van der Waals surface area contributed by atoms with Gasteiger partial charge < -0.3 is 15.5 Å². The van der Waals surface area contributed by atoms with Crippen molar-refractivity contribution in [1.82, 2.24) is 15.2 Å². The van der Waals surface area contributed by atoms with Crippen LogP contribution in [-0.2, 0) is 4.79 Å². The predicted octanol–water partition coefficient (Wildman–Crippen LogP) is 2.48. The Kier molecular flexibility index (Phi) is 6.60. The van der Waals surface area contributed by atoms with Gasteiger partial charge in [-0.2, -0.15) is 0 Å². The lowest BCUT2D eigenvalue weighted by molar-refractivity contribution is -0.121. The Morgan fingerprint density at radius 1 is 1.41 bits per heavy atom. The van der Waals surface area contributed by atoms with Crippen LogP contribution in [0.15, 0.2) is 12.3 Å². The van der Waals surface area contributed by atoms with Crippen molar-refractivity contribution in [3.8, 4) is 0 Å². The molecule has 1 aliphatic heterocycles. The van der Waals surface area contributed by atoms with Gasteiger partial charge in [-0.05, 0) is 6.07 Å². The molecule has 0 atom stereocenters. The molecule has 0 aromatic carbocycles. The number of carbonyl (C=O) groups is 2. The van der Waals surface area contributed by atoms with Crippen LogP contribution < -0.4 is 10.6 Å². The van der Waals surface area contributed by atoms with Gasteiger partial charge >= 0.3 is 0 Å². The summed E-state index contributed by atoms with van der Waals surface area (Å²) in [6.07, 6.45) is 1.81. The van der Waals surface area contributed by atoms with Crippen LogP contribution in [0.1, 0.15) is 6.42 Å². The minimum atomic E-state index is -0.0818. The van der Waals surface area contributed by atoms with Gasteiger partial charge in [0.2, 0.25) is 5.91 Å². The number of nitrogens with one attached hydrogen (secondary N) is 2. The zero-order chi connectivity index (χ0) is 15.9. The van der Waals surface area contributed by atoms with Gasteiger partial charge in [-0.15, -0.1) is 0 Å². The highest BCUT2D eigenvalue weighted by Crippen LogP contribution is 2.22. The third-order valence-corrected chi connectivity index (χ3v) is 4.39. The van der Waals surface area contributed by atoms with Crippen LogP contribution in [-0.4, -0.2) is 53.0 Å². The molecule has 0 unspecified atom stereocenters. The average Bonchev–Trinajstić information content (AvgIpc) is 2.88. The Morgan fingerprint density at radius 2 is 2.23 bits per heavy atom. The summed E-state index contributed by atoms with van der Waals surface area (Å²) in [7, 11) is 0. The summed E-state index contributed by atoms with van der Waals surface area (Å²) >= 11 is 13.0. The fraction of sp³-hybridized carbons (Fsp3) is 0.462. The van der Waals surface area contributed by atoms with Crippen molar-refractivity contribution in [3.63, 3.8) is 0 Å². The Labute approximate surface area is 142 Å². The maximum absolute atomic E-state index is 11.7. The van der Waals surface area contributed by atoms with E-state index in [1.165, 1.54) is 18.0 Å². The third kappa shape index (κ3) is 5.23. The van der Waals surface area contributed by atoms with Crippen molar-refractivity contribution in [2.24, 2.45) is 0 Å². The van der Waals surface area contributed by atoms with Gasteiger partial charge in [0.1, 0.15) is 5.82 Å². The lowest BCUT2D eigenvalue weighted by Crippen LogP contribution is -2.33. The molecular formula is C13H16Cl2N4O2S. The number of nitrogens with zero attached hydrogens (tertiary/aromatic N) is 2. The molecule has 6 nitrogen and oxygen atoms in total. The van der Waals surface area contributed by atoms with Gasteiger partial charge in [0, 0.05) is 44.5 Å². The number of rotatable bonds is 7. The Bertz CT molecular complexity index is 559. The van der Waals surface area contributed by atoms with Gasteiger partial charge in [-0.3, -0.25) is 9.59 Å². The van der Waals surface area contributed by atoms with Crippen LogP contribution in [0.25, 0.3) is 0 Å². The monoisotopic (exact) mass is 362 g/mol. The van der Waals surface area contributed by atoms with Gasteiger partial charge in [0.15, 0.2) is 0 Å². The normalized spacial score (nSPS) is 14.3. The maximum atomic E-state index is 11.7. The lowest BCUT2D eigenvalue weighted by atomic mass is 10.3. The van der Waals surface area contributed by atoms with E-state index in [1.54, 1.807) is 11.0 Å². The van der Waals surface area contributed by atoms with Gasteiger partial charge in [0.25, 0.3) is 5.24 Å². The first-order valence-electron chi connectivity index (χ1n) is 6.79. The largest absolute Gasteiger partial charge is 0.367 e. The number of thioether (sulfide) groups is 1. The van der Waals surface area contributed by atoms with E-state index in [4.69, 9.17) is 23.2 Å². The number of hydrogen-bond donors (Lipinski definition) is 2. The first-order valence-corrected chi connectivity index (χ1v) is 8.54. The fourth-order valence-corrected chi connectivity index (χ4v) is 3.18. The average molecular weight is 363 g/mol. The topological polar surface area (TPSA) is 74.3 Å². The second-order valence-corrected chi connectivity index (χ2v) is 6.50. The molecular weight excluding hydrogens is 347 g/mol. The molecule has 1 fully saturated rings. The van der Waals surface area contributed by atoms with Crippen molar-refractivity contribution in [2.45, 2.75) is 6.42 Å². The molecule has 0 saturated carbocycles. The highest BCUT2D eigenvalue weighted by molar-refractivity contribution is 8.13. The van der Waals surface area contributed by atoms with Crippen LogP contribution in [0, 0.1) is 0 Å². The molecule has 1 aliphatic rings. The number of amides is 2. The maximum Gasteiger partial charge on any atom is 0.281 e. The number of anilines is 1. The van der Waals surface area contributed by atoms with Crippen molar-refractivity contribution in [3.05, 3.63) is 22.3 Å². The summed E-state index contributed by atoms with van der Waals surface area (Å²) in [6.45, 7) is 2.13. The molecule has 0 bridgehead atoms. The first-order chi connectivity index (χ1) is 10.6. The van der Waals surface area contributed by atoms with E-state index < -0.39 is 0 Å². The molecule has 2 amide bonds. The molecule has 0 aliphatic carbocycles. The van der Waals surface area contributed by atoms with E-state index in [0.717, 1.165) is 12.3 Å². The SMILES string of the molecule is O=C(CCN1CCSC1=O)NCCNc1ncc(Cl)cc1Cl. The first kappa shape index (κ1) is 17.2. The predicted molar refractivity (Wildman–Crippen MR) is 89.8 cm³/mol. The summed E-state index contributed by atoms with van der Waals surface area (Å²) < 4.78 is 0. The summed E-state index contributed by atoms with van der Waals surface area (Å²) in [5, 5.41) is 6.75. The van der Waals surface area contributed by atoms with E-state index in [2.05, 4.69) is 15.6 Å². The zero-order valence-electron chi connectivity index (χ0n) is 11.8. The molecule has 120 valence electrons. The summed E-state index contributed by atoms with van der Waals surface area (Å²) in [6, 6.07) is 1.60. The van der Waals surface area contributed by atoms with Crippen molar-refractivity contribution >= 4 is 51.9 Å².